The van der Waals surface area contributed by atoms with Crippen LogP contribution in [0.2, 0.25) is 0 Å². The van der Waals surface area contributed by atoms with E-state index in [4.69, 9.17) is 8.83 Å². The third-order valence-electron chi connectivity index (χ3n) is 15.8. The van der Waals surface area contributed by atoms with Crippen LogP contribution < -0.4 is 4.90 Å². The van der Waals surface area contributed by atoms with Gasteiger partial charge in [0.15, 0.2) is 0 Å². The normalized spacial score (nSPS) is 12.6. The number of benzene rings is 12. The number of anilines is 3. The van der Waals surface area contributed by atoms with Crippen molar-refractivity contribution in [1.29, 1.82) is 0 Å². The van der Waals surface area contributed by atoms with Gasteiger partial charge in [0.2, 0.25) is 0 Å². The van der Waals surface area contributed by atoms with Crippen LogP contribution in [0.15, 0.2) is 294 Å². The van der Waals surface area contributed by atoms with Gasteiger partial charge in [0.25, 0.3) is 0 Å². The molecule has 2 aromatic heterocycles. The third-order valence-corrected chi connectivity index (χ3v) is 15.8. The van der Waals surface area contributed by atoms with Crippen LogP contribution in [0, 0.1) is 0 Å². The Kier molecular flexibility index (Phi) is 10.1. The molecule has 0 aliphatic heterocycles. The van der Waals surface area contributed by atoms with E-state index < -0.39 is 5.41 Å². The Hall–Kier alpha value is -9.96. The van der Waals surface area contributed by atoms with Gasteiger partial charge in [-0.2, -0.15) is 0 Å². The highest BCUT2D eigenvalue weighted by molar-refractivity contribution is 6.13. The fraction of sp³-hybridized carbons (Fsp3) is 0.0137. The highest BCUT2D eigenvalue weighted by atomic mass is 16.3. The number of fused-ring (bicyclic) bond motifs is 9. The summed E-state index contributed by atoms with van der Waals surface area (Å²) in [5.41, 5.74) is 22.7. The average Bonchev–Trinajstić information content (AvgIpc) is 4.31. The summed E-state index contributed by atoms with van der Waals surface area (Å²) in [7, 11) is 0. The predicted octanol–water partition coefficient (Wildman–Crippen LogP) is 20.0. The summed E-state index contributed by atoms with van der Waals surface area (Å²) in [6, 6.07) is 103. The van der Waals surface area contributed by atoms with Crippen LogP contribution in [0.25, 0.3) is 99.5 Å². The smallest absolute Gasteiger partial charge is 0.143 e. The number of hydrogen-bond acceptors (Lipinski definition) is 3. The molecule has 0 spiro atoms. The van der Waals surface area contributed by atoms with Gasteiger partial charge in [-0.25, -0.2) is 0 Å². The van der Waals surface area contributed by atoms with Gasteiger partial charge in [0.05, 0.1) is 5.41 Å². The molecule has 3 heteroatoms. The van der Waals surface area contributed by atoms with Crippen molar-refractivity contribution in [3.8, 4) is 55.6 Å². The Morgan fingerprint density at radius 2 is 0.671 bits per heavy atom. The quantitative estimate of drug-likeness (QED) is 0.144. The van der Waals surface area contributed by atoms with E-state index in [0.717, 1.165) is 94.3 Å². The minimum atomic E-state index is -0.495. The van der Waals surface area contributed by atoms with Gasteiger partial charge in [-0.15, -0.1) is 0 Å². The molecule has 0 unspecified atom stereocenters. The number of furan rings is 2. The molecule has 0 radical (unpaired) electrons. The Morgan fingerprint density at radius 1 is 0.250 bits per heavy atom. The first-order valence-electron chi connectivity index (χ1n) is 26.1. The van der Waals surface area contributed by atoms with Crippen LogP contribution in [0.4, 0.5) is 17.1 Å². The summed E-state index contributed by atoms with van der Waals surface area (Å²) in [5, 5.41) is 4.43. The Labute approximate surface area is 440 Å². The monoisotopic (exact) mass is 969 g/mol. The molecule has 3 nitrogen and oxygen atoms in total. The van der Waals surface area contributed by atoms with Crippen molar-refractivity contribution in [2.24, 2.45) is 0 Å². The molecule has 0 fully saturated rings. The highest BCUT2D eigenvalue weighted by Crippen LogP contribution is 2.57. The molecule has 12 aromatic carbocycles. The molecule has 76 heavy (non-hydrogen) atoms. The fourth-order valence-electron chi connectivity index (χ4n) is 12.3. The van der Waals surface area contributed by atoms with E-state index in [-0.39, 0.29) is 0 Å². The number of rotatable bonds is 9. The molecular formula is C73H47NO2. The lowest BCUT2D eigenvalue weighted by Gasteiger charge is -2.34. The van der Waals surface area contributed by atoms with Gasteiger partial charge in [0.1, 0.15) is 22.3 Å². The summed E-state index contributed by atoms with van der Waals surface area (Å²) in [5.74, 6) is 0. The van der Waals surface area contributed by atoms with Gasteiger partial charge in [-0.3, -0.25) is 0 Å². The zero-order chi connectivity index (χ0) is 50.2. The second-order valence-corrected chi connectivity index (χ2v) is 19.9. The average molecular weight is 970 g/mol. The molecule has 0 saturated heterocycles. The summed E-state index contributed by atoms with van der Waals surface area (Å²) >= 11 is 0. The maximum Gasteiger partial charge on any atom is 0.143 e. The highest BCUT2D eigenvalue weighted by Gasteiger charge is 2.46. The molecule has 2 heterocycles. The van der Waals surface area contributed by atoms with Crippen LogP contribution in [0.3, 0.4) is 0 Å². The SMILES string of the molecule is c1ccc(-c2ccc3oc4ccc(-c5ccc(N(c6ccc(-c7cccc8c7oc7c(-c9ccccc9)cccc78)cc6)c6ccc7c(c6)-c6ccccc6C7(c6ccccc6)c6ccccc6)cc5)cc4c3c2)cc1. The molecule has 15 rings (SSSR count). The van der Waals surface area contributed by atoms with Gasteiger partial charge in [-0.05, 0) is 127 Å². The number of nitrogens with zero attached hydrogens (tertiary/aromatic N) is 1. The van der Waals surface area contributed by atoms with Gasteiger partial charge >= 0.3 is 0 Å². The molecule has 0 atom stereocenters. The Morgan fingerprint density at radius 3 is 1.24 bits per heavy atom. The predicted molar refractivity (Wildman–Crippen MR) is 315 cm³/mol. The Bertz CT molecular complexity index is 4440. The summed E-state index contributed by atoms with van der Waals surface area (Å²) in [4.78, 5) is 2.40. The topological polar surface area (TPSA) is 29.5 Å². The molecular weight excluding hydrogens is 923 g/mol. The maximum atomic E-state index is 6.89. The van der Waals surface area contributed by atoms with Crippen LogP contribution >= 0.6 is 0 Å². The lowest BCUT2D eigenvalue weighted by atomic mass is 9.68. The molecule has 356 valence electrons. The standard InChI is InChI=1S/C73H47NO2/c1-5-17-48(18-6-1)52-35-43-69-65(45-52)66-46-53(36-44-70(66)75-69)49-31-37-56(38-32-49)74(57-39-33-51(34-40-57)60-27-16-29-63-62-28-15-26-59(71(62)76-72(60)63)50-19-7-2-8-20-50)58-41-42-68-64(47-58)61-25-13-14-30-67(61)73(68,54-21-9-3-10-22-54)55-23-11-4-12-24-55/h1-47H. The molecule has 0 bridgehead atoms. The second kappa shape index (κ2) is 17.6. The van der Waals surface area contributed by atoms with Gasteiger partial charge < -0.3 is 13.7 Å². The number of para-hydroxylation sites is 2. The van der Waals surface area contributed by atoms with E-state index in [2.05, 4.69) is 290 Å². The first kappa shape index (κ1) is 43.6. The molecule has 0 amide bonds. The second-order valence-electron chi connectivity index (χ2n) is 19.9. The zero-order valence-electron chi connectivity index (χ0n) is 41.4. The molecule has 0 N–H and O–H groups in total. The van der Waals surface area contributed by atoms with Gasteiger partial charge in [0, 0.05) is 49.7 Å². The molecule has 14 aromatic rings. The van der Waals surface area contributed by atoms with Gasteiger partial charge in [-0.1, -0.05) is 224 Å². The Balaban J connectivity index is 0.866. The number of hydrogen-bond donors (Lipinski definition) is 0. The van der Waals surface area contributed by atoms with Crippen LogP contribution in [-0.4, -0.2) is 0 Å². The van der Waals surface area contributed by atoms with Crippen molar-refractivity contribution in [3.63, 3.8) is 0 Å². The summed E-state index contributed by atoms with van der Waals surface area (Å²) in [6.07, 6.45) is 0. The van der Waals surface area contributed by atoms with E-state index >= 15 is 0 Å². The molecule has 0 saturated carbocycles. The van der Waals surface area contributed by atoms with E-state index in [1.807, 2.05) is 0 Å². The zero-order valence-corrected chi connectivity index (χ0v) is 41.4. The molecule has 1 aliphatic rings. The van der Waals surface area contributed by atoms with Crippen molar-refractivity contribution in [2.75, 3.05) is 4.90 Å². The largest absolute Gasteiger partial charge is 0.456 e. The van der Waals surface area contributed by atoms with E-state index in [1.165, 1.54) is 44.5 Å². The van der Waals surface area contributed by atoms with E-state index in [0.29, 0.717) is 0 Å². The van der Waals surface area contributed by atoms with Crippen molar-refractivity contribution in [1.82, 2.24) is 0 Å². The first-order chi connectivity index (χ1) is 37.7. The molecule has 1 aliphatic carbocycles. The van der Waals surface area contributed by atoms with Crippen molar-refractivity contribution < 1.29 is 8.83 Å². The van der Waals surface area contributed by atoms with Crippen molar-refractivity contribution >= 4 is 60.9 Å². The summed E-state index contributed by atoms with van der Waals surface area (Å²) < 4.78 is 13.3. The first-order valence-corrected chi connectivity index (χ1v) is 26.1. The minimum absolute atomic E-state index is 0.495. The lowest BCUT2D eigenvalue weighted by molar-refractivity contribution is 0.669. The van der Waals surface area contributed by atoms with Crippen molar-refractivity contribution in [2.45, 2.75) is 5.41 Å². The third kappa shape index (κ3) is 6.90. The minimum Gasteiger partial charge on any atom is -0.456 e. The summed E-state index contributed by atoms with van der Waals surface area (Å²) in [6.45, 7) is 0. The lowest BCUT2D eigenvalue weighted by Crippen LogP contribution is -2.28. The van der Waals surface area contributed by atoms with Crippen molar-refractivity contribution in [3.05, 3.63) is 307 Å². The maximum absolute atomic E-state index is 6.89. The fourth-order valence-corrected chi connectivity index (χ4v) is 12.3. The van der Waals surface area contributed by atoms with Crippen LogP contribution in [0.5, 0.6) is 0 Å². The van der Waals surface area contributed by atoms with Crippen LogP contribution in [-0.2, 0) is 5.41 Å². The van der Waals surface area contributed by atoms with E-state index in [1.54, 1.807) is 0 Å². The van der Waals surface area contributed by atoms with Crippen LogP contribution in [0.1, 0.15) is 22.3 Å². The van der Waals surface area contributed by atoms with E-state index in [9.17, 15) is 0 Å².